The van der Waals surface area contributed by atoms with E-state index in [-0.39, 0.29) is 5.54 Å². The lowest BCUT2D eigenvalue weighted by atomic mass is 9.79. The van der Waals surface area contributed by atoms with Gasteiger partial charge in [0.2, 0.25) is 0 Å². The zero-order valence-electron chi connectivity index (χ0n) is 11.4. The first kappa shape index (κ1) is 13.2. The summed E-state index contributed by atoms with van der Waals surface area (Å²) in [5, 5.41) is 9.64. The van der Waals surface area contributed by atoms with E-state index >= 15 is 0 Å². The zero-order valence-corrected chi connectivity index (χ0v) is 12.2. The van der Waals surface area contributed by atoms with Gasteiger partial charge in [0, 0.05) is 17.8 Å². The van der Waals surface area contributed by atoms with Gasteiger partial charge in [-0.05, 0) is 50.8 Å². The number of nitriles is 1. The van der Waals surface area contributed by atoms with E-state index in [1.807, 2.05) is 12.1 Å². The van der Waals surface area contributed by atoms with Crippen LogP contribution in [0.4, 0.5) is 5.69 Å². The Morgan fingerprint density at radius 3 is 2.72 bits per heavy atom. The minimum Gasteiger partial charge on any atom is -0.366 e. The highest BCUT2D eigenvalue weighted by molar-refractivity contribution is 6.32. The highest BCUT2D eigenvalue weighted by atomic mass is 35.5. The minimum absolute atomic E-state index is 0.138. The molecule has 0 radical (unpaired) electrons. The van der Waals surface area contributed by atoms with Gasteiger partial charge in [0.05, 0.1) is 10.6 Å². The average molecular weight is 263 g/mol. The molecule has 1 heterocycles. The number of anilines is 1. The third-order valence-corrected chi connectivity index (χ3v) is 4.22. The van der Waals surface area contributed by atoms with Gasteiger partial charge in [0.1, 0.15) is 6.07 Å². The normalized spacial score (nSPS) is 21.3. The summed E-state index contributed by atoms with van der Waals surface area (Å²) in [6, 6.07) is 6.08. The van der Waals surface area contributed by atoms with Crippen molar-refractivity contribution >= 4 is 17.3 Å². The maximum atomic E-state index is 9.08. The number of benzene rings is 1. The summed E-state index contributed by atoms with van der Waals surface area (Å²) in [5.41, 5.74) is 3.15. The topological polar surface area (TPSA) is 27.0 Å². The average Bonchev–Trinajstić information content (AvgIpc) is 2.27. The molecule has 0 saturated carbocycles. The number of nitrogens with zero attached hydrogens (tertiary/aromatic N) is 2. The Balaban J connectivity index is 2.63. The Kier molecular flexibility index (Phi) is 3.29. The van der Waals surface area contributed by atoms with Crippen LogP contribution in [0.2, 0.25) is 5.02 Å². The Bertz CT molecular complexity index is 514. The van der Waals surface area contributed by atoms with Gasteiger partial charge in [0.15, 0.2) is 0 Å². The first-order valence-corrected chi connectivity index (χ1v) is 6.79. The number of rotatable bonds is 1. The molecule has 1 aliphatic rings. The van der Waals surface area contributed by atoms with E-state index in [9.17, 15) is 0 Å². The SMILES string of the molecule is CCN1c2cc(Cl)c(C#N)cc2[C@@H](C)CC1(C)C. The summed E-state index contributed by atoms with van der Waals surface area (Å²) in [5.74, 6) is 0.460. The van der Waals surface area contributed by atoms with E-state index in [0.29, 0.717) is 16.5 Å². The van der Waals surface area contributed by atoms with Crippen molar-refractivity contribution in [3.05, 3.63) is 28.3 Å². The van der Waals surface area contributed by atoms with Crippen LogP contribution >= 0.6 is 11.6 Å². The van der Waals surface area contributed by atoms with Crippen LogP contribution in [0.5, 0.6) is 0 Å². The fraction of sp³-hybridized carbons (Fsp3) is 0.533. The highest BCUT2D eigenvalue weighted by Crippen LogP contribution is 2.44. The molecule has 2 rings (SSSR count). The molecule has 0 spiro atoms. The van der Waals surface area contributed by atoms with E-state index in [1.165, 1.54) is 11.3 Å². The molecule has 1 aromatic carbocycles. The van der Waals surface area contributed by atoms with Crippen LogP contribution in [0.1, 0.15) is 51.2 Å². The molecule has 1 aliphatic heterocycles. The third-order valence-electron chi connectivity index (χ3n) is 3.91. The fourth-order valence-electron chi connectivity index (χ4n) is 3.19. The molecule has 96 valence electrons. The summed E-state index contributed by atoms with van der Waals surface area (Å²) in [6.07, 6.45) is 1.10. The van der Waals surface area contributed by atoms with Crippen molar-refractivity contribution in [1.82, 2.24) is 0 Å². The molecule has 3 heteroatoms. The second kappa shape index (κ2) is 4.48. The van der Waals surface area contributed by atoms with Gasteiger partial charge in [-0.25, -0.2) is 0 Å². The monoisotopic (exact) mass is 262 g/mol. The third kappa shape index (κ3) is 1.97. The summed E-state index contributed by atoms with van der Waals surface area (Å²) in [6.45, 7) is 9.87. The second-order valence-electron chi connectivity index (χ2n) is 5.66. The van der Waals surface area contributed by atoms with Gasteiger partial charge in [-0.15, -0.1) is 0 Å². The van der Waals surface area contributed by atoms with Crippen molar-refractivity contribution in [3.8, 4) is 6.07 Å². The predicted octanol–water partition coefficient (Wildman–Crippen LogP) is 4.32. The van der Waals surface area contributed by atoms with Crippen molar-refractivity contribution in [2.75, 3.05) is 11.4 Å². The van der Waals surface area contributed by atoms with Crippen LogP contribution in [0, 0.1) is 11.3 Å². The Morgan fingerprint density at radius 1 is 1.50 bits per heavy atom. The Hall–Kier alpha value is -1.20. The van der Waals surface area contributed by atoms with E-state index in [1.54, 1.807) is 0 Å². The standard InChI is InChI=1S/C15H19ClN2/c1-5-18-14-7-13(16)11(9-17)6-12(14)10(2)8-15(18,3)4/h6-7,10H,5,8H2,1-4H3/t10-/m0/s1. The van der Waals surface area contributed by atoms with Gasteiger partial charge in [-0.1, -0.05) is 18.5 Å². The van der Waals surface area contributed by atoms with E-state index in [0.717, 1.165) is 13.0 Å². The van der Waals surface area contributed by atoms with Crippen molar-refractivity contribution in [1.29, 1.82) is 5.26 Å². The molecular weight excluding hydrogens is 244 g/mol. The lowest BCUT2D eigenvalue weighted by Crippen LogP contribution is -2.48. The molecule has 1 atom stereocenters. The minimum atomic E-state index is 0.138. The van der Waals surface area contributed by atoms with Crippen LogP contribution in [-0.2, 0) is 0 Å². The molecule has 1 aromatic rings. The molecule has 0 amide bonds. The van der Waals surface area contributed by atoms with E-state index in [4.69, 9.17) is 16.9 Å². The maximum Gasteiger partial charge on any atom is 0.101 e. The summed E-state index contributed by atoms with van der Waals surface area (Å²) in [7, 11) is 0. The van der Waals surface area contributed by atoms with Crippen LogP contribution in [0.25, 0.3) is 0 Å². The number of fused-ring (bicyclic) bond motifs is 1. The smallest absolute Gasteiger partial charge is 0.101 e. The fourth-order valence-corrected chi connectivity index (χ4v) is 3.39. The lowest BCUT2D eigenvalue weighted by molar-refractivity contribution is 0.381. The molecule has 0 N–H and O–H groups in total. The number of halogens is 1. The lowest BCUT2D eigenvalue weighted by Gasteiger charge is -2.47. The number of hydrogen-bond donors (Lipinski definition) is 0. The molecule has 0 aliphatic carbocycles. The van der Waals surface area contributed by atoms with Crippen molar-refractivity contribution in [2.45, 2.75) is 45.6 Å². The predicted molar refractivity (Wildman–Crippen MR) is 76.3 cm³/mol. The van der Waals surface area contributed by atoms with Gasteiger partial charge in [-0.2, -0.15) is 5.26 Å². The zero-order chi connectivity index (χ0) is 13.5. The molecule has 2 nitrogen and oxygen atoms in total. The molecule has 0 bridgehead atoms. The van der Waals surface area contributed by atoms with E-state index in [2.05, 4.69) is 38.7 Å². The second-order valence-corrected chi connectivity index (χ2v) is 6.07. The van der Waals surface area contributed by atoms with Gasteiger partial charge in [0.25, 0.3) is 0 Å². The Labute approximate surface area is 114 Å². The van der Waals surface area contributed by atoms with Gasteiger partial charge >= 0.3 is 0 Å². The van der Waals surface area contributed by atoms with Crippen molar-refractivity contribution in [3.63, 3.8) is 0 Å². The first-order chi connectivity index (χ1) is 8.40. The molecule has 0 aromatic heterocycles. The highest BCUT2D eigenvalue weighted by Gasteiger charge is 2.35. The van der Waals surface area contributed by atoms with Crippen LogP contribution in [0.3, 0.4) is 0 Å². The molecule has 0 unspecified atom stereocenters. The van der Waals surface area contributed by atoms with Gasteiger partial charge in [-0.3, -0.25) is 0 Å². The van der Waals surface area contributed by atoms with Crippen molar-refractivity contribution < 1.29 is 0 Å². The summed E-state index contributed by atoms with van der Waals surface area (Å²) >= 11 is 6.18. The number of hydrogen-bond acceptors (Lipinski definition) is 2. The molecule has 0 fully saturated rings. The maximum absolute atomic E-state index is 9.08. The summed E-state index contributed by atoms with van der Waals surface area (Å²) < 4.78 is 0. The van der Waals surface area contributed by atoms with Crippen LogP contribution in [0.15, 0.2) is 12.1 Å². The quantitative estimate of drug-likeness (QED) is 0.753. The van der Waals surface area contributed by atoms with Gasteiger partial charge < -0.3 is 4.90 Å². The first-order valence-electron chi connectivity index (χ1n) is 6.42. The largest absolute Gasteiger partial charge is 0.366 e. The Morgan fingerprint density at radius 2 is 2.17 bits per heavy atom. The molecule has 18 heavy (non-hydrogen) atoms. The van der Waals surface area contributed by atoms with E-state index < -0.39 is 0 Å². The molecule has 0 saturated heterocycles. The molecular formula is C15H19ClN2. The van der Waals surface area contributed by atoms with Crippen LogP contribution < -0.4 is 4.90 Å². The van der Waals surface area contributed by atoms with Crippen molar-refractivity contribution in [2.24, 2.45) is 0 Å². The van der Waals surface area contributed by atoms with Crippen LogP contribution in [-0.4, -0.2) is 12.1 Å². The summed E-state index contributed by atoms with van der Waals surface area (Å²) in [4.78, 5) is 2.38.